The number of nitrogens with zero attached hydrogens (tertiary/aromatic N) is 1. The molecule has 1 heterocycles. The van der Waals surface area contributed by atoms with Crippen molar-refractivity contribution in [2.75, 3.05) is 20.3 Å². The van der Waals surface area contributed by atoms with Gasteiger partial charge in [-0.05, 0) is 66.9 Å². The van der Waals surface area contributed by atoms with Gasteiger partial charge in [0.25, 0.3) is 0 Å². The van der Waals surface area contributed by atoms with Crippen LogP contribution in [0.5, 0.6) is 11.5 Å². The van der Waals surface area contributed by atoms with E-state index >= 15 is 0 Å². The summed E-state index contributed by atoms with van der Waals surface area (Å²) in [4.78, 5) is 28.6. The predicted octanol–water partition coefficient (Wildman–Crippen LogP) is 5.16. The van der Waals surface area contributed by atoms with Gasteiger partial charge < -0.3 is 19.2 Å². The highest BCUT2D eigenvalue weighted by atomic mass is 79.9. The zero-order valence-electron chi connectivity index (χ0n) is 18.2. The van der Waals surface area contributed by atoms with E-state index in [0.29, 0.717) is 39.5 Å². The summed E-state index contributed by atoms with van der Waals surface area (Å²) < 4.78 is 16.8. The van der Waals surface area contributed by atoms with Gasteiger partial charge in [0.05, 0.1) is 35.9 Å². The lowest BCUT2D eigenvalue weighted by atomic mass is 9.98. The Balaban J connectivity index is 2.53. The van der Waals surface area contributed by atoms with Crippen molar-refractivity contribution in [3.05, 3.63) is 50.3 Å². The number of ketones is 1. The van der Waals surface area contributed by atoms with E-state index in [1.54, 1.807) is 32.9 Å². The quantitative estimate of drug-likeness (QED) is 0.226. The first-order chi connectivity index (χ1) is 14.8. The van der Waals surface area contributed by atoms with Crippen LogP contribution in [0.15, 0.2) is 22.2 Å². The van der Waals surface area contributed by atoms with E-state index < -0.39 is 11.8 Å². The van der Waals surface area contributed by atoms with Crippen molar-refractivity contribution in [3.8, 4) is 17.6 Å². The summed E-state index contributed by atoms with van der Waals surface area (Å²) in [5.74, 6) is -0.145. The Morgan fingerprint density at radius 1 is 1.19 bits per heavy atom. The number of halogens is 1. The summed E-state index contributed by atoms with van der Waals surface area (Å²) in [5, 5.41) is 9.68. The number of methoxy groups -OCH3 is 1. The molecular formula is C23H25BrN2O5. The molecule has 0 amide bonds. The Kier molecular flexibility index (Phi) is 8.46. The lowest BCUT2D eigenvalue weighted by molar-refractivity contribution is 0.0523. The average molecular weight is 489 g/mol. The molecule has 2 aromatic rings. The molecule has 0 spiro atoms. The topological polar surface area (TPSA) is 101 Å². The lowest BCUT2D eigenvalue weighted by Crippen LogP contribution is -2.13. The van der Waals surface area contributed by atoms with Crippen molar-refractivity contribution in [1.82, 2.24) is 4.98 Å². The molecule has 164 valence electrons. The number of carbonyl (C=O) groups is 2. The third-order valence-electron chi connectivity index (χ3n) is 4.46. The van der Waals surface area contributed by atoms with Crippen LogP contribution >= 0.6 is 15.9 Å². The Labute approximate surface area is 190 Å². The van der Waals surface area contributed by atoms with Crippen molar-refractivity contribution in [2.45, 2.75) is 34.1 Å². The first-order valence-corrected chi connectivity index (χ1v) is 10.6. The molecule has 0 saturated carbocycles. The Bertz CT molecular complexity index is 1060. The molecule has 1 N–H and O–H groups in total. The second kappa shape index (κ2) is 10.8. The molecule has 0 aliphatic heterocycles. The van der Waals surface area contributed by atoms with Crippen LogP contribution in [-0.2, 0) is 4.74 Å². The number of nitriles is 1. The van der Waals surface area contributed by atoms with Crippen LogP contribution in [-0.4, -0.2) is 37.1 Å². The Morgan fingerprint density at radius 3 is 2.45 bits per heavy atom. The molecule has 2 rings (SSSR count). The van der Waals surface area contributed by atoms with E-state index in [1.807, 2.05) is 13.0 Å². The maximum absolute atomic E-state index is 13.2. The molecule has 0 atom stereocenters. The number of benzene rings is 1. The summed E-state index contributed by atoms with van der Waals surface area (Å²) in [6.07, 6.45) is 2.29. The van der Waals surface area contributed by atoms with E-state index in [1.165, 1.54) is 13.2 Å². The lowest BCUT2D eigenvalue weighted by Gasteiger charge is -2.13. The van der Waals surface area contributed by atoms with Crippen LogP contribution in [0.3, 0.4) is 0 Å². The van der Waals surface area contributed by atoms with Crippen LogP contribution in [0.1, 0.15) is 57.9 Å². The fourth-order valence-electron chi connectivity index (χ4n) is 3.14. The number of hydrogen-bond donors (Lipinski definition) is 1. The second-order valence-corrected chi connectivity index (χ2v) is 7.58. The van der Waals surface area contributed by atoms with E-state index in [9.17, 15) is 14.9 Å². The number of esters is 1. The average Bonchev–Trinajstić information content (AvgIpc) is 3.04. The maximum atomic E-state index is 13.2. The molecule has 8 heteroatoms. The number of allylic oxidation sites excluding steroid dienone is 1. The summed E-state index contributed by atoms with van der Waals surface area (Å²) in [7, 11) is 1.52. The molecule has 0 unspecified atom stereocenters. The van der Waals surface area contributed by atoms with E-state index in [4.69, 9.17) is 14.2 Å². The van der Waals surface area contributed by atoms with E-state index in [2.05, 4.69) is 20.9 Å². The fourth-order valence-corrected chi connectivity index (χ4v) is 3.71. The molecule has 0 fully saturated rings. The van der Waals surface area contributed by atoms with Crippen LogP contribution in [0.25, 0.3) is 6.08 Å². The van der Waals surface area contributed by atoms with Crippen molar-refractivity contribution < 1.29 is 23.8 Å². The van der Waals surface area contributed by atoms with Crippen LogP contribution in [0.2, 0.25) is 0 Å². The molecule has 31 heavy (non-hydrogen) atoms. The number of aryl methyl sites for hydroxylation is 2. The third kappa shape index (κ3) is 5.36. The van der Waals surface area contributed by atoms with Crippen molar-refractivity contribution in [2.24, 2.45) is 0 Å². The molecule has 0 aliphatic rings. The highest BCUT2D eigenvalue weighted by Crippen LogP contribution is 2.37. The van der Waals surface area contributed by atoms with Gasteiger partial charge in [-0.1, -0.05) is 6.92 Å². The predicted molar refractivity (Wildman–Crippen MR) is 121 cm³/mol. The monoisotopic (exact) mass is 488 g/mol. The Hall–Kier alpha value is -3.05. The second-order valence-electron chi connectivity index (χ2n) is 6.73. The van der Waals surface area contributed by atoms with Crippen LogP contribution in [0.4, 0.5) is 0 Å². The van der Waals surface area contributed by atoms with Gasteiger partial charge in [-0.25, -0.2) is 4.79 Å². The van der Waals surface area contributed by atoms with Gasteiger partial charge in [-0.15, -0.1) is 0 Å². The largest absolute Gasteiger partial charge is 0.493 e. The Morgan fingerprint density at radius 2 is 1.87 bits per heavy atom. The van der Waals surface area contributed by atoms with E-state index in [-0.39, 0.29) is 23.3 Å². The van der Waals surface area contributed by atoms with Crippen LogP contribution < -0.4 is 9.47 Å². The normalized spacial score (nSPS) is 11.1. The van der Waals surface area contributed by atoms with Crippen molar-refractivity contribution in [1.29, 1.82) is 5.26 Å². The molecule has 1 aromatic heterocycles. The number of aromatic amines is 1. The number of rotatable bonds is 9. The fraction of sp³-hybridized carbons (Fsp3) is 0.348. The number of ether oxygens (including phenoxy) is 3. The van der Waals surface area contributed by atoms with Gasteiger partial charge in [0.15, 0.2) is 11.5 Å². The maximum Gasteiger partial charge on any atom is 0.340 e. The third-order valence-corrected chi connectivity index (χ3v) is 5.05. The summed E-state index contributed by atoms with van der Waals surface area (Å²) in [6.45, 7) is 7.75. The number of carbonyl (C=O) groups excluding carboxylic acids is 2. The molecule has 7 nitrogen and oxygen atoms in total. The first kappa shape index (κ1) is 24.2. The van der Waals surface area contributed by atoms with Gasteiger partial charge in [0, 0.05) is 11.4 Å². The zero-order chi connectivity index (χ0) is 23.1. The van der Waals surface area contributed by atoms with Crippen molar-refractivity contribution >= 4 is 33.8 Å². The van der Waals surface area contributed by atoms with Gasteiger partial charge in [0.2, 0.25) is 5.78 Å². The molecular weight excluding hydrogens is 464 g/mol. The minimum absolute atomic E-state index is 0.121. The minimum atomic E-state index is -0.605. The number of aromatic nitrogens is 1. The minimum Gasteiger partial charge on any atom is -0.493 e. The molecule has 0 radical (unpaired) electrons. The standard InChI is InChI=1S/C23H25BrN2O5/c1-6-8-31-22-17(24)10-15(11-18(22)29-5)9-16(12-25)21(27)19-13(3)26-14(4)20(19)23(28)30-7-2/h9-11,26H,6-8H2,1-5H3/b16-9+. The highest BCUT2D eigenvalue weighted by Gasteiger charge is 2.27. The molecule has 0 aliphatic carbocycles. The summed E-state index contributed by atoms with van der Waals surface area (Å²) >= 11 is 3.46. The van der Waals surface area contributed by atoms with Gasteiger partial charge in [0.1, 0.15) is 11.6 Å². The zero-order valence-corrected chi connectivity index (χ0v) is 19.8. The number of hydrogen-bond acceptors (Lipinski definition) is 6. The van der Waals surface area contributed by atoms with Gasteiger partial charge in [-0.3, -0.25) is 4.79 Å². The highest BCUT2D eigenvalue weighted by molar-refractivity contribution is 9.10. The molecule has 0 bridgehead atoms. The first-order valence-electron chi connectivity index (χ1n) is 9.82. The number of nitrogens with one attached hydrogen (secondary N) is 1. The smallest absolute Gasteiger partial charge is 0.340 e. The summed E-state index contributed by atoms with van der Waals surface area (Å²) in [5.41, 5.74) is 1.74. The van der Waals surface area contributed by atoms with Gasteiger partial charge in [-0.2, -0.15) is 5.26 Å². The van der Waals surface area contributed by atoms with E-state index in [0.717, 1.165) is 6.42 Å². The number of H-pyrrole nitrogens is 1. The molecule has 0 saturated heterocycles. The molecule has 1 aromatic carbocycles. The summed E-state index contributed by atoms with van der Waals surface area (Å²) in [6, 6.07) is 5.37. The van der Waals surface area contributed by atoms with Gasteiger partial charge >= 0.3 is 5.97 Å². The van der Waals surface area contributed by atoms with Crippen LogP contribution in [0, 0.1) is 25.2 Å². The number of Topliss-reactive ketones (excluding diaryl/α,β-unsaturated/α-hetero) is 1. The van der Waals surface area contributed by atoms with Crippen molar-refractivity contribution in [3.63, 3.8) is 0 Å². The SMILES string of the molecule is CCCOc1c(Br)cc(/C=C(\C#N)C(=O)c2c(C)[nH]c(C)c2C(=O)OCC)cc1OC.